The monoisotopic (exact) mass is 295 g/mol. The fourth-order valence-corrected chi connectivity index (χ4v) is 2.90. The van der Waals surface area contributed by atoms with Gasteiger partial charge in [-0.1, -0.05) is 30.9 Å². The summed E-state index contributed by atoms with van der Waals surface area (Å²) in [7, 11) is 0. The number of hydrogen-bond donors (Lipinski definition) is 3. The van der Waals surface area contributed by atoms with Gasteiger partial charge in [0.05, 0.1) is 0 Å². The lowest BCUT2D eigenvalue weighted by atomic mass is 9.84. The lowest BCUT2D eigenvalue weighted by Gasteiger charge is -2.30. The van der Waals surface area contributed by atoms with Crippen LogP contribution in [0.25, 0.3) is 0 Å². The number of urea groups is 1. The topological polar surface area (TPSA) is 67.1 Å². The first-order chi connectivity index (χ1) is 9.69. The van der Waals surface area contributed by atoms with Crippen molar-refractivity contribution in [2.75, 3.05) is 11.9 Å². The lowest BCUT2D eigenvalue weighted by Crippen LogP contribution is -2.47. The molecule has 0 heterocycles. The highest BCUT2D eigenvalue weighted by atomic mass is 35.5. The minimum atomic E-state index is -0.201. The fourth-order valence-electron chi connectivity index (χ4n) is 2.77. The van der Waals surface area contributed by atoms with Crippen LogP contribution >= 0.6 is 11.6 Å². The van der Waals surface area contributed by atoms with Crippen molar-refractivity contribution in [3.8, 4) is 0 Å². The fraction of sp³-hybridized carbons (Fsp3) is 0.533. The number of anilines is 1. The first-order valence-electron chi connectivity index (χ1n) is 7.22. The zero-order valence-electron chi connectivity index (χ0n) is 11.6. The summed E-state index contributed by atoms with van der Waals surface area (Å²) >= 11 is 5.81. The highest BCUT2D eigenvalue weighted by Crippen LogP contribution is 2.26. The van der Waals surface area contributed by atoms with Crippen LogP contribution in [0, 0.1) is 5.92 Å². The van der Waals surface area contributed by atoms with Crippen LogP contribution in [0.2, 0.25) is 5.02 Å². The molecule has 0 aliphatic heterocycles. The van der Waals surface area contributed by atoms with Crippen LogP contribution in [0.15, 0.2) is 24.3 Å². The second kappa shape index (κ2) is 7.50. The summed E-state index contributed by atoms with van der Waals surface area (Å²) in [5, 5.41) is 6.45. The molecule has 1 aromatic rings. The molecule has 1 atom stereocenters. The molecule has 2 rings (SSSR count). The highest BCUT2D eigenvalue weighted by Gasteiger charge is 2.23. The van der Waals surface area contributed by atoms with E-state index in [0.717, 1.165) is 18.5 Å². The smallest absolute Gasteiger partial charge is 0.319 e. The van der Waals surface area contributed by atoms with Crippen LogP contribution in [-0.4, -0.2) is 18.6 Å². The molecular formula is C15H22ClN3O. The summed E-state index contributed by atoms with van der Waals surface area (Å²) < 4.78 is 0. The number of amides is 2. The van der Waals surface area contributed by atoms with Gasteiger partial charge >= 0.3 is 6.03 Å². The summed E-state index contributed by atoms with van der Waals surface area (Å²) in [6, 6.07) is 6.91. The molecule has 2 amide bonds. The molecule has 1 aliphatic rings. The maximum absolute atomic E-state index is 12.0. The molecule has 0 aromatic heterocycles. The first kappa shape index (κ1) is 15.1. The number of benzene rings is 1. The molecule has 110 valence electrons. The van der Waals surface area contributed by atoms with E-state index >= 15 is 0 Å². The predicted molar refractivity (Wildman–Crippen MR) is 83.0 cm³/mol. The van der Waals surface area contributed by atoms with E-state index in [1.165, 1.54) is 19.3 Å². The molecule has 1 unspecified atom stereocenters. The van der Waals surface area contributed by atoms with E-state index in [-0.39, 0.29) is 12.1 Å². The molecule has 4 N–H and O–H groups in total. The number of carbonyl (C=O) groups excluding carboxylic acids is 1. The number of hydrogen-bond acceptors (Lipinski definition) is 2. The molecule has 4 nitrogen and oxygen atoms in total. The average Bonchev–Trinajstić information content (AvgIpc) is 2.48. The van der Waals surface area contributed by atoms with E-state index < -0.39 is 0 Å². The van der Waals surface area contributed by atoms with Gasteiger partial charge in [-0.2, -0.15) is 0 Å². The van der Waals surface area contributed by atoms with Crippen molar-refractivity contribution < 1.29 is 4.79 Å². The van der Waals surface area contributed by atoms with Gasteiger partial charge in [0.25, 0.3) is 0 Å². The molecule has 0 spiro atoms. The summed E-state index contributed by atoms with van der Waals surface area (Å²) in [5.41, 5.74) is 6.53. The van der Waals surface area contributed by atoms with Gasteiger partial charge < -0.3 is 16.4 Å². The summed E-state index contributed by atoms with van der Waals surface area (Å²) in [6.07, 6.45) is 6.08. The maximum atomic E-state index is 12.0. The van der Waals surface area contributed by atoms with Gasteiger partial charge in [0.2, 0.25) is 0 Å². The van der Waals surface area contributed by atoms with Crippen LogP contribution in [0.4, 0.5) is 10.5 Å². The Morgan fingerprint density at radius 1 is 1.25 bits per heavy atom. The van der Waals surface area contributed by atoms with Crippen LogP contribution < -0.4 is 16.4 Å². The lowest BCUT2D eigenvalue weighted by molar-refractivity contribution is 0.233. The van der Waals surface area contributed by atoms with E-state index in [1.54, 1.807) is 24.3 Å². The molecule has 1 aliphatic carbocycles. The summed E-state index contributed by atoms with van der Waals surface area (Å²) in [6.45, 7) is 0.485. The van der Waals surface area contributed by atoms with Gasteiger partial charge in [-0.15, -0.1) is 0 Å². The molecule has 5 heteroatoms. The Balaban J connectivity index is 1.86. The number of nitrogens with two attached hydrogens (primary N) is 1. The third-order valence-corrected chi connectivity index (χ3v) is 4.14. The number of rotatable bonds is 4. The van der Waals surface area contributed by atoms with Crippen LogP contribution in [0.3, 0.4) is 0 Å². The van der Waals surface area contributed by atoms with E-state index in [2.05, 4.69) is 10.6 Å². The van der Waals surface area contributed by atoms with E-state index in [9.17, 15) is 4.79 Å². The SMILES string of the molecule is NCC(NC(=O)Nc1ccc(Cl)cc1)C1CCCCC1. The van der Waals surface area contributed by atoms with Gasteiger partial charge in [-0.3, -0.25) is 0 Å². The van der Waals surface area contributed by atoms with Crippen LogP contribution in [0.1, 0.15) is 32.1 Å². The Morgan fingerprint density at radius 2 is 1.90 bits per heavy atom. The van der Waals surface area contributed by atoms with Gasteiger partial charge in [-0.05, 0) is 43.0 Å². The van der Waals surface area contributed by atoms with Crippen molar-refractivity contribution in [1.29, 1.82) is 0 Å². The molecule has 1 fully saturated rings. The minimum absolute atomic E-state index is 0.0580. The van der Waals surface area contributed by atoms with E-state index in [0.29, 0.717) is 17.5 Å². The quantitative estimate of drug-likeness (QED) is 0.797. The van der Waals surface area contributed by atoms with Gasteiger partial charge in [0.15, 0.2) is 0 Å². The predicted octanol–water partition coefficient (Wildman–Crippen LogP) is 3.37. The zero-order valence-corrected chi connectivity index (χ0v) is 12.3. The Bertz CT molecular complexity index is 429. The Morgan fingerprint density at radius 3 is 2.50 bits per heavy atom. The van der Waals surface area contributed by atoms with Crippen LogP contribution in [0.5, 0.6) is 0 Å². The Labute approximate surface area is 125 Å². The van der Waals surface area contributed by atoms with E-state index in [1.807, 2.05) is 0 Å². The zero-order chi connectivity index (χ0) is 14.4. The molecular weight excluding hydrogens is 274 g/mol. The maximum Gasteiger partial charge on any atom is 0.319 e. The summed E-state index contributed by atoms with van der Waals surface area (Å²) in [4.78, 5) is 12.0. The number of halogens is 1. The van der Waals surface area contributed by atoms with Crippen molar-refractivity contribution in [2.24, 2.45) is 11.7 Å². The molecule has 1 aromatic carbocycles. The molecule has 1 saturated carbocycles. The largest absolute Gasteiger partial charge is 0.334 e. The Kier molecular flexibility index (Phi) is 5.68. The third-order valence-electron chi connectivity index (χ3n) is 3.89. The van der Waals surface area contributed by atoms with Crippen molar-refractivity contribution in [2.45, 2.75) is 38.1 Å². The second-order valence-corrected chi connectivity index (χ2v) is 5.78. The number of nitrogens with one attached hydrogen (secondary N) is 2. The van der Waals surface area contributed by atoms with Crippen LogP contribution in [-0.2, 0) is 0 Å². The minimum Gasteiger partial charge on any atom is -0.334 e. The normalized spacial score (nSPS) is 17.5. The highest BCUT2D eigenvalue weighted by molar-refractivity contribution is 6.30. The molecule has 0 radical (unpaired) electrons. The molecule has 0 bridgehead atoms. The number of carbonyl (C=O) groups is 1. The van der Waals surface area contributed by atoms with Gasteiger partial charge in [0.1, 0.15) is 0 Å². The van der Waals surface area contributed by atoms with Crippen molar-refractivity contribution in [3.05, 3.63) is 29.3 Å². The van der Waals surface area contributed by atoms with Crippen molar-refractivity contribution in [3.63, 3.8) is 0 Å². The van der Waals surface area contributed by atoms with Gasteiger partial charge in [-0.25, -0.2) is 4.79 Å². The first-order valence-corrected chi connectivity index (χ1v) is 7.60. The standard InChI is InChI=1S/C15H22ClN3O/c16-12-6-8-13(9-7-12)18-15(20)19-14(10-17)11-4-2-1-3-5-11/h6-9,11,14H,1-5,10,17H2,(H2,18,19,20). The van der Waals surface area contributed by atoms with Crippen molar-refractivity contribution >= 4 is 23.3 Å². The van der Waals surface area contributed by atoms with Gasteiger partial charge in [0, 0.05) is 23.3 Å². The third kappa shape index (κ3) is 4.39. The Hall–Kier alpha value is -1.26. The average molecular weight is 296 g/mol. The van der Waals surface area contributed by atoms with Crippen molar-refractivity contribution in [1.82, 2.24) is 5.32 Å². The second-order valence-electron chi connectivity index (χ2n) is 5.35. The van der Waals surface area contributed by atoms with E-state index in [4.69, 9.17) is 17.3 Å². The molecule has 0 saturated heterocycles. The molecule has 20 heavy (non-hydrogen) atoms. The summed E-state index contributed by atoms with van der Waals surface area (Å²) in [5.74, 6) is 0.504.